The van der Waals surface area contributed by atoms with Gasteiger partial charge in [0.05, 0.1) is 11.6 Å². The Kier molecular flexibility index (Phi) is 4.33. The molecule has 0 bridgehead atoms. The van der Waals surface area contributed by atoms with Gasteiger partial charge in [-0.1, -0.05) is 19.9 Å². The molecule has 0 atom stereocenters. The predicted molar refractivity (Wildman–Crippen MR) is 79.4 cm³/mol. The van der Waals surface area contributed by atoms with Crippen LogP contribution in [0, 0.1) is 0 Å². The van der Waals surface area contributed by atoms with Crippen LogP contribution in [0.5, 0.6) is 5.75 Å². The van der Waals surface area contributed by atoms with Crippen LogP contribution in [0.25, 0.3) is 0 Å². The van der Waals surface area contributed by atoms with Gasteiger partial charge in [0.1, 0.15) is 5.75 Å². The fourth-order valence-electron chi connectivity index (χ4n) is 2.11. The van der Waals surface area contributed by atoms with Crippen LogP contribution >= 0.6 is 15.9 Å². The summed E-state index contributed by atoms with van der Waals surface area (Å²) < 4.78 is 6.31. The molecular formula is C15H22BrNO. The number of rotatable bonds is 6. The molecular weight excluding hydrogens is 290 g/mol. The van der Waals surface area contributed by atoms with Crippen molar-refractivity contribution in [2.75, 3.05) is 13.7 Å². The van der Waals surface area contributed by atoms with Gasteiger partial charge < -0.3 is 10.1 Å². The van der Waals surface area contributed by atoms with Gasteiger partial charge in [0.25, 0.3) is 0 Å². The van der Waals surface area contributed by atoms with Gasteiger partial charge in [-0.3, -0.25) is 0 Å². The summed E-state index contributed by atoms with van der Waals surface area (Å²) >= 11 is 3.56. The Bertz CT molecular complexity index is 413. The second-order valence-corrected chi connectivity index (χ2v) is 6.57. The Labute approximate surface area is 118 Å². The van der Waals surface area contributed by atoms with Crippen molar-refractivity contribution in [2.45, 2.75) is 44.6 Å². The lowest BCUT2D eigenvalue weighted by Crippen LogP contribution is -2.26. The van der Waals surface area contributed by atoms with E-state index in [-0.39, 0.29) is 5.41 Å². The second-order valence-electron chi connectivity index (χ2n) is 5.71. The molecule has 18 heavy (non-hydrogen) atoms. The van der Waals surface area contributed by atoms with E-state index in [0.717, 1.165) is 29.2 Å². The van der Waals surface area contributed by atoms with Crippen LogP contribution in [0.4, 0.5) is 0 Å². The minimum Gasteiger partial charge on any atom is -0.496 e. The van der Waals surface area contributed by atoms with Crippen molar-refractivity contribution in [1.29, 1.82) is 0 Å². The van der Waals surface area contributed by atoms with Gasteiger partial charge in [0.2, 0.25) is 0 Å². The highest BCUT2D eigenvalue weighted by Crippen LogP contribution is 2.33. The molecule has 0 aromatic heterocycles. The first-order valence-corrected chi connectivity index (χ1v) is 7.39. The number of benzene rings is 1. The highest BCUT2D eigenvalue weighted by molar-refractivity contribution is 9.10. The molecule has 0 radical (unpaired) electrons. The van der Waals surface area contributed by atoms with Crippen LogP contribution in [0.2, 0.25) is 0 Å². The number of halogens is 1. The van der Waals surface area contributed by atoms with Gasteiger partial charge in [0, 0.05) is 6.04 Å². The van der Waals surface area contributed by atoms with E-state index >= 15 is 0 Å². The van der Waals surface area contributed by atoms with Crippen LogP contribution in [0.15, 0.2) is 22.7 Å². The zero-order valence-electron chi connectivity index (χ0n) is 11.4. The van der Waals surface area contributed by atoms with E-state index in [1.807, 2.05) is 6.07 Å². The molecule has 1 aliphatic rings. The average Bonchev–Trinajstić information content (AvgIpc) is 3.12. The fraction of sp³-hybridized carbons (Fsp3) is 0.600. The van der Waals surface area contributed by atoms with E-state index in [0.29, 0.717) is 0 Å². The third kappa shape index (κ3) is 3.48. The van der Waals surface area contributed by atoms with Gasteiger partial charge in [-0.05, 0) is 64.8 Å². The minimum atomic E-state index is 0.191. The van der Waals surface area contributed by atoms with Crippen LogP contribution in [0.3, 0.4) is 0 Å². The lowest BCUT2D eigenvalue weighted by molar-refractivity contribution is 0.410. The van der Waals surface area contributed by atoms with Gasteiger partial charge in [-0.15, -0.1) is 0 Å². The van der Waals surface area contributed by atoms with Gasteiger partial charge in [-0.25, -0.2) is 0 Å². The summed E-state index contributed by atoms with van der Waals surface area (Å²) in [6, 6.07) is 7.18. The Balaban J connectivity index is 2.00. The maximum Gasteiger partial charge on any atom is 0.133 e. The molecule has 2 rings (SSSR count). The number of ether oxygens (including phenoxy) is 1. The van der Waals surface area contributed by atoms with Crippen molar-refractivity contribution in [3.8, 4) is 5.75 Å². The standard InChI is InChI=1S/C15H22BrNO/c1-15(2,8-9-17-12-5-6-12)11-4-7-14(18-3)13(16)10-11/h4,7,10,12,17H,5-6,8-9H2,1-3H3. The predicted octanol–water partition coefficient (Wildman–Crippen LogP) is 3.88. The molecule has 0 saturated heterocycles. The quantitative estimate of drug-likeness (QED) is 0.861. The SMILES string of the molecule is COc1ccc(C(C)(C)CCNC2CC2)cc1Br. The van der Waals surface area contributed by atoms with E-state index in [2.05, 4.69) is 47.2 Å². The third-order valence-electron chi connectivity index (χ3n) is 3.69. The van der Waals surface area contributed by atoms with Crippen molar-refractivity contribution in [2.24, 2.45) is 0 Å². The molecule has 0 aliphatic heterocycles. The Hall–Kier alpha value is -0.540. The molecule has 1 aliphatic carbocycles. The Morgan fingerprint density at radius 1 is 1.39 bits per heavy atom. The first-order chi connectivity index (χ1) is 8.53. The highest BCUT2D eigenvalue weighted by Gasteiger charge is 2.24. The van der Waals surface area contributed by atoms with Crippen molar-refractivity contribution in [1.82, 2.24) is 5.32 Å². The zero-order chi connectivity index (χ0) is 13.2. The fourth-order valence-corrected chi connectivity index (χ4v) is 2.65. The maximum absolute atomic E-state index is 5.27. The maximum atomic E-state index is 5.27. The molecule has 0 spiro atoms. The van der Waals surface area contributed by atoms with Crippen LogP contribution < -0.4 is 10.1 Å². The molecule has 3 heteroatoms. The van der Waals surface area contributed by atoms with Crippen molar-refractivity contribution >= 4 is 15.9 Å². The summed E-state index contributed by atoms with van der Waals surface area (Å²) in [5, 5.41) is 3.58. The van der Waals surface area contributed by atoms with Gasteiger partial charge in [0.15, 0.2) is 0 Å². The molecule has 1 saturated carbocycles. The van der Waals surface area contributed by atoms with E-state index < -0.39 is 0 Å². The van der Waals surface area contributed by atoms with E-state index in [4.69, 9.17) is 4.74 Å². The molecule has 1 aromatic carbocycles. The first-order valence-electron chi connectivity index (χ1n) is 6.60. The first kappa shape index (κ1) is 13.9. The summed E-state index contributed by atoms with van der Waals surface area (Å²) in [4.78, 5) is 0. The molecule has 1 aromatic rings. The average molecular weight is 312 g/mol. The normalized spacial score (nSPS) is 15.8. The summed E-state index contributed by atoms with van der Waals surface area (Å²) in [6.45, 7) is 5.70. The third-order valence-corrected chi connectivity index (χ3v) is 4.31. The van der Waals surface area contributed by atoms with Crippen molar-refractivity contribution in [3.05, 3.63) is 28.2 Å². The van der Waals surface area contributed by atoms with Crippen molar-refractivity contribution < 1.29 is 4.74 Å². The molecule has 1 N–H and O–H groups in total. The molecule has 0 heterocycles. The highest BCUT2D eigenvalue weighted by atomic mass is 79.9. The van der Waals surface area contributed by atoms with E-state index in [1.54, 1.807) is 7.11 Å². The van der Waals surface area contributed by atoms with Crippen molar-refractivity contribution in [3.63, 3.8) is 0 Å². The monoisotopic (exact) mass is 311 g/mol. The summed E-state index contributed by atoms with van der Waals surface area (Å²) in [5.74, 6) is 0.894. The summed E-state index contributed by atoms with van der Waals surface area (Å²) in [7, 11) is 1.70. The van der Waals surface area contributed by atoms with E-state index in [9.17, 15) is 0 Å². The number of hydrogen-bond acceptors (Lipinski definition) is 2. The van der Waals surface area contributed by atoms with Crippen LogP contribution in [0.1, 0.15) is 38.7 Å². The largest absolute Gasteiger partial charge is 0.496 e. The Morgan fingerprint density at radius 2 is 2.11 bits per heavy atom. The molecule has 2 nitrogen and oxygen atoms in total. The van der Waals surface area contributed by atoms with E-state index in [1.165, 1.54) is 18.4 Å². The smallest absolute Gasteiger partial charge is 0.133 e. The van der Waals surface area contributed by atoms with Gasteiger partial charge >= 0.3 is 0 Å². The van der Waals surface area contributed by atoms with Crippen LogP contribution in [-0.4, -0.2) is 19.7 Å². The lowest BCUT2D eigenvalue weighted by atomic mass is 9.81. The minimum absolute atomic E-state index is 0.191. The number of nitrogens with one attached hydrogen (secondary N) is 1. The Morgan fingerprint density at radius 3 is 2.67 bits per heavy atom. The second kappa shape index (κ2) is 5.62. The summed E-state index contributed by atoms with van der Waals surface area (Å²) in [5.41, 5.74) is 1.55. The molecule has 1 fully saturated rings. The molecule has 100 valence electrons. The number of methoxy groups -OCH3 is 1. The molecule has 0 amide bonds. The number of hydrogen-bond donors (Lipinski definition) is 1. The zero-order valence-corrected chi connectivity index (χ0v) is 13.0. The van der Waals surface area contributed by atoms with Crippen LogP contribution in [-0.2, 0) is 5.41 Å². The van der Waals surface area contributed by atoms with Gasteiger partial charge in [-0.2, -0.15) is 0 Å². The topological polar surface area (TPSA) is 21.3 Å². The lowest BCUT2D eigenvalue weighted by Gasteiger charge is -2.26. The summed E-state index contributed by atoms with van der Waals surface area (Å²) in [6.07, 6.45) is 3.87. The molecule has 0 unspecified atom stereocenters.